The first-order valence-electron chi connectivity index (χ1n) is 6.96. The second-order valence-electron chi connectivity index (χ2n) is 5.27. The second kappa shape index (κ2) is 5.52. The molecule has 0 saturated carbocycles. The molecule has 0 bridgehead atoms. The zero-order valence-electron chi connectivity index (χ0n) is 11.9. The average Bonchev–Trinajstić information content (AvgIpc) is 2.76. The van der Waals surface area contributed by atoms with Crippen LogP contribution in [0, 0.1) is 0 Å². The van der Waals surface area contributed by atoms with Crippen LogP contribution in [0.2, 0.25) is 0 Å². The third-order valence-electron chi connectivity index (χ3n) is 4.06. The van der Waals surface area contributed by atoms with Crippen LogP contribution >= 0.6 is 0 Å². The summed E-state index contributed by atoms with van der Waals surface area (Å²) in [7, 11) is 3.74. The van der Waals surface area contributed by atoms with Crippen molar-refractivity contribution in [2.45, 2.75) is 18.6 Å². The number of fused-ring (bicyclic) bond motifs is 1. The van der Waals surface area contributed by atoms with Gasteiger partial charge in [-0.3, -0.25) is 4.79 Å². The van der Waals surface area contributed by atoms with Crippen molar-refractivity contribution in [3.8, 4) is 0 Å². The Morgan fingerprint density at radius 1 is 1.40 bits per heavy atom. The minimum atomic E-state index is 0.0154. The van der Waals surface area contributed by atoms with Crippen molar-refractivity contribution in [3.63, 3.8) is 0 Å². The molecule has 2 heterocycles. The van der Waals surface area contributed by atoms with E-state index in [9.17, 15) is 4.79 Å². The van der Waals surface area contributed by atoms with Gasteiger partial charge >= 0.3 is 0 Å². The van der Waals surface area contributed by atoms with Gasteiger partial charge in [-0.05, 0) is 24.2 Å². The fraction of sp³-hybridized carbons (Fsp3) is 0.533. The molecule has 1 aromatic rings. The molecule has 2 atom stereocenters. The lowest BCUT2D eigenvalue weighted by atomic mass is 9.98. The molecular formula is C15H20N2O3. The van der Waals surface area contributed by atoms with Gasteiger partial charge in [0, 0.05) is 12.7 Å². The maximum absolute atomic E-state index is 11.7. The Balaban J connectivity index is 1.86. The summed E-state index contributed by atoms with van der Waals surface area (Å²) in [5.41, 5.74) is 3.24. The van der Waals surface area contributed by atoms with Crippen molar-refractivity contribution in [1.29, 1.82) is 0 Å². The van der Waals surface area contributed by atoms with Gasteiger partial charge in [-0.25, -0.2) is 0 Å². The van der Waals surface area contributed by atoms with Crippen LogP contribution in [-0.4, -0.2) is 45.9 Å². The first-order chi connectivity index (χ1) is 9.70. The van der Waals surface area contributed by atoms with Gasteiger partial charge in [0.15, 0.2) is 0 Å². The summed E-state index contributed by atoms with van der Waals surface area (Å²) in [4.78, 5) is 13.5. The maximum atomic E-state index is 11.7. The molecule has 0 spiro atoms. The smallest absolute Gasteiger partial charge is 0.231 e. The van der Waals surface area contributed by atoms with Gasteiger partial charge in [-0.1, -0.05) is 12.1 Å². The van der Waals surface area contributed by atoms with E-state index in [1.807, 2.05) is 20.2 Å². The van der Waals surface area contributed by atoms with Crippen molar-refractivity contribution >= 4 is 11.6 Å². The minimum Gasteiger partial charge on any atom is -0.376 e. The number of benzene rings is 1. The first kappa shape index (κ1) is 13.5. The first-order valence-corrected chi connectivity index (χ1v) is 6.96. The molecule has 0 aliphatic carbocycles. The number of amides is 1. The zero-order valence-corrected chi connectivity index (χ0v) is 11.9. The number of likely N-dealkylation sites (N-methyl/N-ethyl adjacent to an activating group) is 2. The molecule has 3 rings (SSSR count). The third-order valence-corrected chi connectivity index (χ3v) is 4.06. The summed E-state index contributed by atoms with van der Waals surface area (Å²) in [6.45, 7) is 1.90. The van der Waals surface area contributed by atoms with E-state index in [0.29, 0.717) is 26.2 Å². The SMILES string of the molecule is CNC(c1ccc2c(c1)CC(=O)N2C)C1COCCO1. The lowest BCUT2D eigenvalue weighted by Gasteiger charge is -2.30. The number of hydrogen-bond donors (Lipinski definition) is 1. The van der Waals surface area contributed by atoms with Crippen LogP contribution in [0.25, 0.3) is 0 Å². The molecule has 1 amide bonds. The van der Waals surface area contributed by atoms with Crippen molar-refractivity contribution in [2.24, 2.45) is 0 Å². The number of ether oxygens (including phenoxy) is 2. The Labute approximate surface area is 118 Å². The number of anilines is 1. The number of nitrogens with zero attached hydrogens (tertiary/aromatic N) is 1. The van der Waals surface area contributed by atoms with Crippen molar-refractivity contribution in [3.05, 3.63) is 29.3 Å². The topological polar surface area (TPSA) is 50.8 Å². The Morgan fingerprint density at radius 2 is 2.25 bits per heavy atom. The van der Waals surface area contributed by atoms with E-state index < -0.39 is 0 Å². The fourth-order valence-corrected chi connectivity index (χ4v) is 2.95. The summed E-state index contributed by atoms with van der Waals surface area (Å²) >= 11 is 0. The number of carbonyl (C=O) groups is 1. The van der Waals surface area contributed by atoms with Gasteiger partial charge < -0.3 is 19.7 Å². The van der Waals surface area contributed by atoms with Crippen LogP contribution in [-0.2, 0) is 20.7 Å². The highest BCUT2D eigenvalue weighted by Gasteiger charge is 2.28. The molecule has 1 aromatic carbocycles. The van der Waals surface area contributed by atoms with Crippen molar-refractivity contribution in [1.82, 2.24) is 5.32 Å². The van der Waals surface area contributed by atoms with Crippen LogP contribution in [0.1, 0.15) is 17.2 Å². The number of rotatable bonds is 3. The predicted octanol–water partition coefficient (Wildman–Crippen LogP) is 0.881. The minimum absolute atomic E-state index is 0.0154. The highest BCUT2D eigenvalue weighted by molar-refractivity contribution is 6.00. The lowest BCUT2D eigenvalue weighted by molar-refractivity contribution is -0.117. The molecule has 20 heavy (non-hydrogen) atoms. The number of hydrogen-bond acceptors (Lipinski definition) is 4. The summed E-state index contributed by atoms with van der Waals surface area (Å²) in [5, 5.41) is 3.30. The fourth-order valence-electron chi connectivity index (χ4n) is 2.95. The molecular weight excluding hydrogens is 256 g/mol. The van der Waals surface area contributed by atoms with E-state index in [1.54, 1.807) is 4.90 Å². The van der Waals surface area contributed by atoms with Crippen molar-refractivity contribution in [2.75, 3.05) is 38.8 Å². The highest BCUT2D eigenvalue weighted by atomic mass is 16.6. The Bertz CT molecular complexity index is 512. The van der Waals surface area contributed by atoms with Gasteiger partial charge in [0.25, 0.3) is 0 Å². The maximum Gasteiger partial charge on any atom is 0.231 e. The monoisotopic (exact) mass is 276 g/mol. The van der Waals surface area contributed by atoms with Gasteiger partial charge in [-0.15, -0.1) is 0 Å². The predicted molar refractivity (Wildman–Crippen MR) is 75.9 cm³/mol. The molecule has 2 aliphatic heterocycles. The Hall–Kier alpha value is -1.43. The molecule has 2 unspecified atom stereocenters. The molecule has 5 heteroatoms. The van der Waals surface area contributed by atoms with Crippen LogP contribution in [0.5, 0.6) is 0 Å². The molecule has 1 saturated heterocycles. The largest absolute Gasteiger partial charge is 0.376 e. The zero-order chi connectivity index (χ0) is 14.1. The third kappa shape index (κ3) is 2.32. The normalized spacial score (nSPS) is 23.8. The molecule has 5 nitrogen and oxygen atoms in total. The summed E-state index contributed by atoms with van der Waals surface area (Å²) in [5.74, 6) is 0.149. The van der Waals surface area contributed by atoms with Gasteiger partial charge in [0.05, 0.1) is 32.3 Å². The Morgan fingerprint density at radius 3 is 2.95 bits per heavy atom. The van der Waals surface area contributed by atoms with Crippen LogP contribution in [0.3, 0.4) is 0 Å². The van der Waals surface area contributed by atoms with Crippen LogP contribution in [0.4, 0.5) is 5.69 Å². The summed E-state index contributed by atoms with van der Waals surface area (Å²) in [6.07, 6.45) is 0.500. The van der Waals surface area contributed by atoms with Gasteiger partial charge in [0.2, 0.25) is 5.91 Å². The molecule has 2 aliphatic rings. The highest BCUT2D eigenvalue weighted by Crippen LogP contribution is 2.31. The van der Waals surface area contributed by atoms with Crippen LogP contribution in [0.15, 0.2) is 18.2 Å². The van der Waals surface area contributed by atoms with E-state index in [1.165, 1.54) is 0 Å². The van der Waals surface area contributed by atoms with E-state index >= 15 is 0 Å². The number of nitrogens with one attached hydrogen (secondary N) is 1. The summed E-state index contributed by atoms with van der Waals surface area (Å²) < 4.78 is 11.3. The second-order valence-corrected chi connectivity index (χ2v) is 5.27. The number of carbonyl (C=O) groups excluding carboxylic acids is 1. The summed E-state index contributed by atoms with van der Waals surface area (Å²) in [6, 6.07) is 6.27. The molecule has 0 aromatic heterocycles. The molecule has 0 radical (unpaired) electrons. The van der Waals surface area contributed by atoms with Crippen molar-refractivity contribution < 1.29 is 14.3 Å². The molecule has 1 N–H and O–H groups in total. The van der Waals surface area contributed by atoms with Gasteiger partial charge in [-0.2, -0.15) is 0 Å². The van der Waals surface area contributed by atoms with E-state index in [4.69, 9.17) is 9.47 Å². The van der Waals surface area contributed by atoms with E-state index in [-0.39, 0.29) is 18.1 Å². The molecule has 108 valence electrons. The lowest BCUT2D eigenvalue weighted by Crippen LogP contribution is -2.39. The van der Waals surface area contributed by atoms with Crippen LogP contribution < -0.4 is 10.2 Å². The quantitative estimate of drug-likeness (QED) is 0.890. The Kier molecular flexibility index (Phi) is 3.74. The van der Waals surface area contributed by atoms with E-state index in [2.05, 4.69) is 17.4 Å². The van der Waals surface area contributed by atoms with Gasteiger partial charge in [0.1, 0.15) is 6.10 Å². The average molecular weight is 276 g/mol. The standard InChI is InChI=1S/C15H20N2O3/c1-16-15(13-9-19-5-6-20-13)10-3-4-12-11(7-10)8-14(18)17(12)2/h3-4,7,13,15-16H,5-6,8-9H2,1-2H3. The van der Waals surface area contributed by atoms with E-state index in [0.717, 1.165) is 16.8 Å². The molecule has 1 fully saturated rings.